The van der Waals surface area contributed by atoms with Gasteiger partial charge in [0.2, 0.25) is 0 Å². The first kappa shape index (κ1) is 20.5. The Morgan fingerprint density at radius 1 is 0.692 bits per heavy atom. The number of hydrogen-bond donors (Lipinski definition) is 1. The summed E-state index contributed by atoms with van der Waals surface area (Å²) in [5, 5.41) is 0. The van der Waals surface area contributed by atoms with E-state index < -0.39 is 6.17 Å². The molecule has 26 heavy (non-hydrogen) atoms. The molecule has 2 N–H and O–H groups in total. The molecule has 5 nitrogen and oxygen atoms in total. The van der Waals surface area contributed by atoms with Crippen LogP contribution in [0, 0.1) is 0 Å². The van der Waals surface area contributed by atoms with Crippen molar-refractivity contribution >= 4 is 0 Å². The molecule has 0 aromatic carbocycles. The molecule has 4 aliphatic heterocycles. The second-order valence-electron chi connectivity index (χ2n) is 8.25. The number of ether oxygens (including phenoxy) is 2. The molecule has 0 bridgehead atoms. The van der Waals surface area contributed by atoms with Crippen LogP contribution in [0.2, 0.25) is 0 Å². The second kappa shape index (κ2) is 10.9. The predicted octanol–water partition coefficient (Wildman–Crippen LogP) is 2.19. The molecular weight excluding hydrogens is 333 g/mol. The summed E-state index contributed by atoms with van der Waals surface area (Å²) in [6.45, 7) is 7.77. The fourth-order valence-electron chi connectivity index (χ4n) is 4.66. The first-order chi connectivity index (χ1) is 12.7. The molecule has 0 aromatic rings. The van der Waals surface area contributed by atoms with Crippen LogP contribution in [0.5, 0.6) is 0 Å². The van der Waals surface area contributed by atoms with Crippen LogP contribution in [0.1, 0.15) is 51.4 Å². The molecule has 0 amide bonds. The van der Waals surface area contributed by atoms with E-state index in [2.05, 4.69) is 9.80 Å². The third-order valence-electron chi connectivity index (χ3n) is 6.43. The summed E-state index contributed by atoms with van der Waals surface area (Å²) in [4.78, 5) is 4.92. The van der Waals surface area contributed by atoms with E-state index >= 15 is 0 Å². The summed E-state index contributed by atoms with van der Waals surface area (Å²) >= 11 is 0. The lowest BCUT2D eigenvalue weighted by atomic mass is 9.99. The predicted molar refractivity (Wildman–Crippen MR) is 102 cm³/mol. The smallest absolute Gasteiger partial charge is 0.128 e. The SMILES string of the molecule is C1CCN(C2CCOCC2)CC1.NC1CCN(C2CCOCC2)CC1F. The lowest BCUT2D eigenvalue weighted by Crippen LogP contribution is -2.52. The van der Waals surface area contributed by atoms with Crippen molar-refractivity contribution in [1.82, 2.24) is 9.80 Å². The zero-order valence-electron chi connectivity index (χ0n) is 16.3. The Labute approximate surface area is 158 Å². The number of likely N-dealkylation sites (tertiary alicyclic amines) is 2. The van der Waals surface area contributed by atoms with Crippen molar-refractivity contribution in [3.8, 4) is 0 Å². The topological polar surface area (TPSA) is 51.0 Å². The average molecular weight is 372 g/mol. The van der Waals surface area contributed by atoms with E-state index in [4.69, 9.17) is 15.2 Å². The number of halogens is 1. The van der Waals surface area contributed by atoms with E-state index in [1.165, 1.54) is 45.2 Å². The summed E-state index contributed by atoms with van der Waals surface area (Å²) in [6, 6.07) is 1.12. The molecule has 2 atom stereocenters. The highest BCUT2D eigenvalue weighted by Crippen LogP contribution is 2.21. The fourth-order valence-corrected chi connectivity index (χ4v) is 4.66. The van der Waals surface area contributed by atoms with E-state index in [9.17, 15) is 4.39 Å². The highest BCUT2D eigenvalue weighted by molar-refractivity contribution is 4.87. The maximum absolute atomic E-state index is 13.4. The molecule has 0 aliphatic carbocycles. The fraction of sp³-hybridized carbons (Fsp3) is 1.00. The van der Waals surface area contributed by atoms with E-state index in [1.54, 1.807) is 0 Å². The zero-order valence-corrected chi connectivity index (χ0v) is 16.3. The van der Waals surface area contributed by atoms with Crippen LogP contribution in [0.4, 0.5) is 4.39 Å². The maximum Gasteiger partial charge on any atom is 0.128 e. The minimum Gasteiger partial charge on any atom is -0.381 e. The standard InChI is InChI=1S/C10H19FN2O.C10H19NO/c11-9-7-13(4-1-10(9)12)8-2-5-14-6-3-8;1-2-6-11(7-3-1)10-4-8-12-9-5-10/h8-10H,1-7,12H2;10H,1-9H2. The number of rotatable bonds is 2. The van der Waals surface area contributed by atoms with Gasteiger partial charge in [0.15, 0.2) is 0 Å². The van der Waals surface area contributed by atoms with Gasteiger partial charge in [-0.2, -0.15) is 0 Å². The number of hydrogen-bond acceptors (Lipinski definition) is 5. The Morgan fingerprint density at radius 3 is 1.77 bits per heavy atom. The first-order valence-corrected chi connectivity index (χ1v) is 10.8. The number of nitrogens with zero attached hydrogens (tertiary/aromatic N) is 2. The van der Waals surface area contributed by atoms with Crippen molar-refractivity contribution in [3.05, 3.63) is 0 Å². The van der Waals surface area contributed by atoms with Gasteiger partial charge in [-0.05, 0) is 58.0 Å². The van der Waals surface area contributed by atoms with Crippen molar-refractivity contribution in [1.29, 1.82) is 0 Å². The average Bonchev–Trinajstić information content (AvgIpc) is 2.72. The summed E-state index contributed by atoms with van der Waals surface area (Å²) in [7, 11) is 0. The van der Waals surface area contributed by atoms with Crippen LogP contribution in [-0.2, 0) is 9.47 Å². The zero-order chi connectivity index (χ0) is 18.2. The van der Waals surface area contributed by atoms with Gasteiger partial charge in [-0.25, -0.2) is 4.39 Å². The molecule has 2 unspecified atom stereocenters. The lowest BCUT2D eigenvalue weighted by Gasteiger charge is -2.39. The van der Waals surface area contributed by atoms with Crippen molar-refractivity contribution in [3.63, 3.8) is 0 Å². The van der Waals surface area contributed by atoms with Gasteiger partial charge in [0.1, 0.15) is 6.17 Å². The second-order valence-corrected chi connectivity index (χ2v) is 8.25. The van der Waals surface area contributed by atoms with Crippen molar-refractivity contribution in [2.75, 3.05) is 52.6 Å². The Kier molecular flexibility index (Phi) is 8.59. The Bertz CT molecular complexity index is 367. The highest BCUT2D eigenvalue weighted by Gasteiger charge is 2.31. The van der Waals surface area contributed by atoms with Crippen molar-refractivity contribution in [2.45, 2.75) is 75.7 Å². The summed E-state index contributed by atoms with van der Waals surface area (Å²) in [6.07, 6.45) is 8.84. The summed E-state index contributed by atoms with van der Waals surface area (Å²) in [5.74, 6) is 0. The summed E-state index contributed by atoms with van der Waals surface area (Å²) in [5.41, 5.74) is 5.64. The van der Waals surface area contributed by atoms with Gasteiger partial charge in [0.25, 0.3) is 0 Å². The number of piperidine rings is 2. The van der Waals surface area contributed by atoms with Crippen LogP contribution < -0.4 is 5.73 Å². The van der Waals surface area contributed by atoms with Crippen molar-refractivity contribution in [2.24, 2.45) is 5.73 Å². The molecular formula is C20H38FN3O2. The number of alkyl halides is 1. The Morgan fingerprint density at radius 2 is 1.23 bits per heavy atom. The third-order valence-corrected chi connectivity index (χ3v) is 6.43. The number of nitrogens with two attached hydrogens (primary N) is 1. The molecule has 4 saturated heterocycles. The first-order valence-electron chi connectivity index (χ1n) is 10.8. The van der Waals surface area contributed by atoms with E-state index in [0.717, 1.165) is 58.3 Å². The van der Waals surface area contributed by atoms with Gasteiger partial charge in [-0.1, -0.05) is 6.42 Å². The van der Waals surface area contributed by atoms with Gasteiger partial charge in [0, 0.05) is 57.6 Å². The van der Waals surface area contributed by atoms with Crippen LogP contribution in [-0.4, -0.2) is 86.7 Å². The van der Waals surface area contributed by atoms with Gasteiger partial charge in [-0.3, -0.25) is 4.90 Å². The Hall–Kier alpha value is -0.270. The molecule has 152 valence electrons. The van der Waals surface area contributed by atoms with Gasteiger partial charge >= 0.3 is 0 Å². The van der Waals surface area contributed by atoms with E-state index in [1.807, 2.05) is 0 Å². The largest absolute Gasteiger partial charge is 0.381 e. The Balaban J connectivity index is 0.000000152. The summed E-state index contributed by atoms with van der Waals surface area (Å²) < 4.78 is 24.0. The van der Waals surface area contributed by atoms with Crippen LogP contribution in [0.15, 0.2) is 0 Å². The molecule has 0 saturated carbocycles. The molecule has 6 heteroatoms. The van der Waals surface area contributed by atoms with E-state index in [0.29, 0.717) is 12.6 Å². The van der Waals surface area contributed by atoms with Gasteiger partial charge < -0.3 is 20.1 Å². The molecule has 0 aromatic heterocycles. The van der Waals surface area contributed by atoms with Crippen LogP contribution >= 0.6 is 0 Å². The highest BCUT2D eigenvalue weighted by atomic mass is 19.1. The van der Waals surface area contributed by atoms with E-state index in [-0.39, 0.29) is 6.04 Å². The third kappa shape index (κ3) is 6.13. The lowest BCUT2D eigenvalue weighted by molar-refractivity contribution is 0.00859. The molecule has 4 aliphatic rings. The molecule has 4 rings (SSSR count). The maximum atomic E-state index is 13.4. The van der Waals surface area contributed by atoms with Crippen molar-refractivity contribution < 1.29 is 13.9 Å². The minimum absolute atomic E-state index is 0.244. The molecule has 0 radical (unpaired) electrons. The monoisotopic (exact) mass is 371 g/mol. The van der Waals surface area contributed by atoms with Crippen LogP contribution in [0.3, 0.4) is 0 Å². The molecule has 0 spiro atoms. The quantitative estimate of drug-likeness (QED) is 0.806. The normalized spacial score (nSPS) is 33.5. The van der Waals surface area contributed by atoms with Crippen LogP contribution in [0.25, 0.3) is 0 Å². The molecule has 4 fully saturated rings. The van der Waals surface area contributed by atoms with Gasteiger partial charge in [0.05, 0.1) is 0 Å². The van der Waals surface area contributed by atoms with Gasteiger partial charge in [-0.15, -0.1) is 0 Å². The minimum atomic E-state index is -0.841. The molecule has 4 heterocycles.